The van der Waals surface area contributed by atoms with Crippen LogP contribution in [0.25, 0.3) is 0 Å². The minimum atomic E-state index is -1.19. The molecule has 0 bridgehead atoms. The van der Waals surface area contributed by atoms with Gasteiger partial charge in [0.05, 0.1) is 6.04 Å². The predicted molar refractivity (Wildman–Crippen MR) is 94.9 cm³/mol. The number of hydrogen-bond acceptors (Lipinski definition) is 5. The first-order chi connectivity index (χ1) is 12.8. The molecule has 1 unspecified atom stereocenters. The van der Waals surface area contributed by atoms with Gasteiger partial charge in [-0.15, -0.1) is 0 Å². The molecule has 1 aliphatic heterocycles. The van der Waals surface area contributed by atoms with Crippen molar-refractivity contribution in [3.8, 4) is 0 Å². The van der Waals surface area contributed by atoms with Crippen LogP contribution < -0.4 is 11.1 Å². The maximum Gasteiger partial charge on any atom is 0.326 e. The van der Waals surface area contributed by atoms with Gasteiger partial charge in [0.15, 0.2) is 0 Å². The quantitative estimate of drug-likeness (QED) is 0.524. The van der Waals surface area contributed by atoms with Crippen LogP contribution in [0.2, 0.25) is 0 Å². The molecule has 1 heterocycles. The Morgan fingerprint density at radius 3 is 2.44 bits per heavy atom. The summed E-state index contributed by atoms with van der Waals surface area (Å²) in [7, 11) is 0. The van der Waals surface area contributed by atoms with Crippen LogP contribution in [0.1, 0.15) is 36.0 Å². The van der Waals surface area contributed by atoms with Crippen LogP contribution in [-0.4, -0.2) is 63.5 Å². The number of hydrogen-bond donors (Lipinski definition) is 4. The minimum absolute atomic E-state index is 0.0608. The highest BCUT2D eigenvalue weighted by molar-refractivity contribution is 5.94. The summed E-state index contributed by atoms with van der Waals surface area (Å²) in [5.74, 6) is -3.15. The van der Waals surface area contributed by atoms with E-state index >= 15 is 0 Å². The number of nitrogens with one attached hydrogen (secondary N) is 1. The maximum atomic E-state index is 12.4. The number of piperidine rings is 1. The normalized spacial score (nSPS) is 20.6. The molecule has 0 saturated carbocycles. The van der Waals surface area contributed by atoms with Crippen molar-refractivity contribution < 1.29 is 29.4 Å². The number of likely N-dealkylation sites (tertiary alicyclic amines) is 1. The van der Waals surface area contributed by atoms with Crippen molar-refractivity contribution in [3.63, 3.8) is 0 Å². The lowest BCUT2D eigenvalue weighted by Crippen LogP contribution is -2.58. The number of carbonyl (C=O) groups is 4. The number of carbonyl (C=O) groups excluding carboxylic acids is 2. The van der Waals surface area contributed by atoms with E-state index in [2.05, 4.69) is 5.32 Å². The topological polar surface area (TPSA) is 150 Å². The van der Waals surface area contributed by atoms with E-state index in [1.807, 2.05) is 0 Å². The summed E-state index contributed by atoms with van der Waals surface area (Å²) < 4.78 is 0. The summed E-state index contributed by atoms with van der Waals surface area (Å²) in [5, 5.41) is 21.0. The standard InChI is InChI=1S/C18H23N3O6/c19-13(6-7-15(22)23)17(25)21-9-8-12(10-14(21)18(26)27)20-16(24)11-4-2-1-3-5-11/h1-5,12-14H,6-10,19H2,(H,20,24)(H,22,23)(H,26,27)/t12-,13?,14-/m0/s1. The Balaban J connectivity index is 2.00. The second kappa shape index (κ2) is 9.13. The van der Waals surface area contributed by atoms with Gasteiger partial charge in [-0.05, 0) is 31.4 Å². The van der Waals surface area contributed by atoms with Crippen molar-refractivity contribution >= 4 is 23.8 Å². The van der Waals surface area contributed by atoms with Crippen LogP contribution in [0.5, 0.6) is 0 Å². The van der Waals surface area contributed by atoms with Crippen molar-refractivity contribution in [3.05, 3.63) is 35.9 Å². The van der Waals surface area contributed by atoms with Gasteiger partial charge in [-0.2, -0.15) is 0 Å². The molecule has 9 heteroatoms. The number of nitrogens with zero attached hydrogens (tertiary/aromatic N) is 1. The summed E-state index contributed by atoms with van der Waals surface area (Å²) >= 11 is 0. The molecule has 0 aliphatic carbocycles. The number of amides is 2. The van der Waals surface area contributed by atoms with E-state index in [0.29, 0.717) is 12.0 Å². The number of carboxylic acids is 2. The molecule has 2 amide bonds. The smallest absolute Gasteiger partial charge is 0.326 e. The number of benzene rings is 1. The third-order valence-corrected chi connectivity index (χ3v) is 4.53. The van der Waals surface area contributed by atoms with Crippen LogP contribution in [0, 0.1) is 0 Å². The highest BCUT2D eigenvalue weighted by atomic mass is 16.4. The highest BCUT2D eigenvalue weighted by Crippen LogP contribution is 2.20. The lowest BCUT2D eigenvalue weighted by atomic mass is 9.95. The molecule has 9 nitrogen and oxygen atoms in total. The summed E-state index contributed by atoms with van der Waals surface area (Å²) in [5.41, 5.74) is 6.20. The molecule has 1 saturated heterocycles. The van der Waals surface area contributed by atoms with Crippen molar-refractivity contribution in [2.24, 2.45) is 5.73 Å². The van der Waals surface area contributed by atoms with Gasteiger partial charge in [-0.3, -0.25) is 14.4 Å². The van der Waals surface area contributed by atoms with E-state index in [0.717, 1.165) is 0 Å². The van der Waals surface area contributed by atoms with Crippen LogP contribution in [0.4, 0.5) is 0 Å². The monoisotopic (exact) mass is 377 g/mol. The van der Waals surface area contributed by atoms with Crippen molar-refractivity contribution in [2.75, 3.05) is 6.54 Å². The van der Waals surface area contributed by atoms with E-state index in [-0.39, 0.29) is 31.7 Å². The van der Waals surface area contributed by atoms with Gasteiger partial charge in [0.1, 0.15) is 6.04 Å². The summed E-state index contributed by atoms with van der Waals surface area (Å²) in [6.07, 6.45) is 0.116. The average molecular weight is 377 g/mol. The van der Waals surface area contributed by atoms with Crippen LogP contribution >= 0.6 is 0 Å². The summed E-state index contributed by atoms with van der Waals surface area (Å²) in [6.45, 7) is 0.121. The molecule has 27 heavy (non-hydrogen) atoms. The Morgan fingerprint density at radius 2 is 1.85 bits per heavy atom. The zero-order valence-corrected chi connectivity index (χ0v) is 14.7. The number of carboxylic acid groups (broad SMARTS) is 2. The first-order valence-electron chi connectivity index (χ1n) is 8.66. The first kappa shape index (κ1) is 20.4. The Labute approximate surface area is 156 Å². The van der Waals surface area contributed by atoms with Gasteiger partial charge in [0, 0.05) is 24.6 Å². The average Bonchev–Trinajstić information content (AvgIpc) is 2.66. The molecule has 1 fully saturated rings. The fraction of sp³-hybridized carbons (Fsp3) is 0.444. The molecule has 0 radical (unpaired) electrons. The van der Waals surface area contributed by atoms with Gasteiger partial charge in [-0.1, -0.05) is 18.2 Å². The molecular weight excluding hydrogens is 354 g/mol. The second-order valence-corrected chi connectivity index (χ2v) is 6.49. The van der Waals surface area contributed by atoms with Gasteiger partial charge in [-0.25, -0.2) is 4.79 Å². The molecule has 0 spiro atoms. The largest absolute Gasteiger partial charge is 0.481 e. The minimum Gasteiger partial charge on any atom is -0.481 e. The van der Waals surface area contributed by atoms with E-state index in [4.69, 9.17) is 10.8 Å². The molecule has 1 aromatic carbocycles. The summed E-state index contributed by atoms with van der Waals surface area (Å²) in [4.78, 5) is 48.1. The molecule has 2 rings (SSSR count). The molecule has 146 valence electrons. The molecule has 1 aromatic rings. The molecule has 3 atom stereocenters. The fourth-order valence-electron chi connectivity index (χ4n) is 3.07. The molecule has 0 aromatic heterocycles. The van der Waals surface area contributed by atoms with Gasteiger partial charge < -0.3 is 26.2 Å². The highest BCUT2D eigenvalue weighted by Gasteiger charge is 2.38. The van der Waals surface area contributed by atoms with Crippen LogP contribution in [-0.2, 0) is 14.4 Å². The third-order valence-electron chi connectivity index (χ3n) is 4.53. The molecule has 5 N–H and O–H groups in total. The number of rotatable bonds is 7. The zero-order valence-electron chi connectivity index (χ0n) is 14.7. The third kappa shape index (κ3) is 5.52. The van der Waals surface area contributed by atoms with E-state index in [1.165, 1.54) is 4.90 Å². The summed E-state index contributed by atoms with van der Waals surface area (Å²) in [6, 6.07) is 5.98. The predicted octanol–water partition coefficient (Wildman–Crippen LogP) is 0.0527. The van der Waals surface area contributed by atoms with E-state index < -0.39 is 36.0 Å². The first-order valence-corrected chi connectivity index (χ1v) is 8.66. The van der Waals surface area contributed by atoms with Gasteiger partial charge in [0.25, 0.3) is 5.91 Å². The Bertz CT molecular complexity index is 708. The van der Waals surface area contributed by atoms with Crippen molar-refractivity contribution in [1.29, 1.82) is 0 Å². The van der Waals surface area contributed by atoms with E-state index in [9.17, 15) is 24.3 Å². The van der Waals surface area contributed by atoms with Crippen LogP contribution in [0.15, 0.2) is 30.3 Å². The Kier molecular flexibility index (Phi) is 6.89. The Morgan fingerprint density at radius 1 is 1.19 bits per heavy atom. The Hall–Kier alpha value is -2.94. The lowest BCUT2D eigenvalue weighted by Gasteiger charge is -2.38. The maximum absolute atomic E-state index is 12.4. The second-order valence-electron chi connectivity index (χ2n) is 6.49. The number of nitrogens with two attached hydrogens (primary N) is 1. The zero-order chi connectivity index (χ0) is 20.0. The van der Waals surface area contributed by atoms with Gasteiger partial charge in [0.2, 0.25) is 5.91 Å². The fourth-order valence-corrected chi connectivity index (χ4v) is 3.07. The van der Waals surface area contributed by atoms with Crippen molar-refractivity contribution in [2.45, 2.75) is 43.8 Å². The van der Waals surface area contributed by atoms with Crippen molar-refractivity contribution in [1.82, 2.24) is 10.2 Å². The van der Waals surface area contributed by atoms with E-state index in [1.54, 1.807) is 30.3 Å². The SMILES string of the molecule is NC(CCC(=O)O)C(=O)N1CC[C@H](NC(=O)c2ccccc2)C[C@H]1C(=O)O. The van der Waals surface area contributed by atoms with Crippen LogP contribution in [0.3, 0.4) is 0 Å². The van der Waals surface area contributed by atoms with Gasteiger partial charge >= 0.3 is 11.9 Å². The molecule has 1 aliphatic rings. The number of aliphatic carboxylic acids is 2. The molecular formula is C18H23N3O6. The lowest BCUT2D eigenvalue weighted by molar-refractivity contribution is -0.153.